The normalized spacial score (nSPS) is 11.4. The molecule has 0 radical (unpaired) electrons. The molecule has 0 atom stereocenters. The molecular weight excluding hydrogens is 232 g/mol. The molecule has 0 aliphatic carbocycles. The molecule has 2 aromatic rings. The predicted octanol–water partition coefficient (Wildman–Crippen LogP) is 2.58. The molecule has 0 saturated carbocycles. The van der Waals surface area contributed by atoms with Gasteiger partial charge in [0, 0.05) is 0 Å². The van der Waals surface area contributed by atoms with E-state index < -0.39 is 8.07 Å². The molecule has 0 amide bonds. The lowest BCUT2D eigenvalue weighted by molar-refractivity contribution is 0.415. The summed E-state index contributed by atoms with van der Waals surface area (Å²) in [5.74, 6) is 0.930. The van der Waals surface area contributed by atoms with Gasteiger partial charge < -0.3 is 4.74 Å². The van der Waals surface area contributed by atoms with Gasteiger partial charge in [-0.3, -0.25) is 0 Å². The van der Waals surface area contributed by atoms with Crippen LogP contribution in [0.15, 0.2) is 41.8 Å². The minimum absolute atomic E-state index is 0.930. The summed E-state index contributed by atoms with van der Waals surface area (Å²) in [5, 5.41) is 3.61. The molecule has 16 heavy (non-hydrogen) atoms. The number of rotatable bonds is 3. The largest absolute Gasteiger partial charge is 0.497 e. The van der Waals surface area contributed by atoms with Crippen LogP contribution < -0.4 is 14.4 Å². The van der Waals surface area contributed by atoms with Crippen LogP contribution in [0.25, 0.3) is 0 Å². The highest BCUT2D eigenvalue weighted by Crippen LogP contribution is 2.12. The summed E-state index contributed by atoms with van der Waals surface area (Å²) < 4.78 is 6.72. The molecule has 0 saturated heterocycles. The summed E-state index contributed by atoms with van der Waals surface area (Å²) in [6.07, 6.45) is 0. The Kier molecular flexibility index (Phi) is 3.17. The maximum absolute atomic E-state index is 5.19. The molecule has 0 aliphatic rings. The van der Waals surface area contributed by atoms with E-state index in [0.717, 1.165) is 5.75 Å². The maximum atomic E-state index is 5.19. The minimum Gasteiger partial charge on any atom is -0.497 e. The van der Waals surface area contributed by atoms with Gasteiger partial charge in [-0.25, -0.2) is 0 Å². The number of ether oxygens (including phenoxy) is 1. The zero-order valence-corrected chi connectivity index (χ0v) is 11.7. The van der Waals surface area contributed by atoms with Crippen molar-refractivity contribution in [3.8, 4) is 5.75 Å². The van der Waals surface area contributed by atoms with Crippen molar-refractivity contribution in [1.82, 2.24) is 0 Å². The van der Waals surface area contributed by atoms with E-state index in [-0.39, 0.29) is 0 Å². The molecule has 0 bridgehead atoms. The Hall–Kier alpha value is -1.06. The number of methoxy groups -OCH3 is 1. The first-order valence-electron chi connectivity index (χ1n) is 5.33. The van der Waals surface area contributed by atoms with E-state index in [9.17, 15) is 0 Å². The zero-order chi connectivity index (χ0) is 11.6. The molecular formula is C13H16OSSi. The average molecular weight is 248 g/mol. The van der Waals surface area contributed by atoms with Gasteiger partial charge in [0.1, 0.15) is 13.8 Å². The predicted molar refractivity (Wildman–Crippen MR) is 74.1 cm³/mol. The van der Waals surface area contributed by atoms with Crippen LogP contribution in [0.4, 0.5) is 0 Å². The molecule has 3 heteroatoms. The molecule has 1 aromatic heterocycles. The first kappa shape index (κ1) is 11.4. The number of hydrogen-bond acceptors (Lipinski definition) is 2. The van der Waals surface area contributed by atoms with E-state index in [0.29, 0.717) is 0 Å². The Morgan fingerprint density at radius 1 is 1.06 bits per heavy atom. The topological polar surface area (TPSA) is 9.23 Å². The SMILES string of the molecule is COc1ccc([Si](C)(C)c2cccs2)cc1. The van der Waals surface area contributed by atoms with Crippen LogP contribution in [-0.4, -0.2) is 15.2 Å². The molecule has 1 aromatic carbocycles. The lowest BCUT2D eigenvalue weighted by Crippen LogP contribution is -2.51. The van der Waals surface area contributed by atoms with E-state index in [1.807, 2.05) is 11.3 Å². The maximum Gasteiger partial charge on any atom is 0.124 e. The van der Waals surface area contributed by atoms with Gasteiger partial charge >= 0.3 is 0 Å². The van der Waals surface area contributed by atoms with Crippen LogP contribution in [-0.2, 0) is 0 Å². The Morgan fingerprint density at radius 2 is 1.75 bits per heavy atom. The summed E-state index contributed by atoms with van der Waals surface area (Å²) in [4.78, 5) is 0. The fraction of sp³-hybridized carbons (Fsp3) is 0.231. The summed E-state index contributed by atoms with van der Waals surface area (Å²) in [6.45, 7) is 4.78. The van der Waals surface area contributed by atoms with Crippen LogP contribution in [0.3, 0.4) is 0 Å². The van der Waals surface area contributed by atoms with Crippen LogP contribution >= 0.6 is 11.3 Å². The van der Waals surface area contributed by atoms with E-state index >= 15 is 0 Å². The fourth-order valence-corrected chi connectivity index (χ4v) is 5.78. The second kappa shape index (κ2) is 4.43. The van der Waals surface area contributed by atoms with Crippen molar-refractivity contribution in [2.75, 3.05) is 7.11 Å². The Balaban J connectivity index is 2.35. The lowest BCUT2D eigenvalue weighted by Gasteiger charge is -2.21. The number of hydrogen-bond donors (Lipinski definition) is 0. The summed E-state index contributed by atoms with van der Waals surface area (Å²) in [6, 6.07) is 12.9. The third-order valence-corrected chi connectivity index (χ3v) is 8.69. The monoisotopic (exact) mass is 248 g/mol. The van der Waals surface area contributed by atoms with E-state index in [2.05, 4.69) is 54.9 Å². The molecule has 0 N–H and O–H groups in total. The van der Waals surface area contributed by atoms with Crippen LogP contribution in [0.2, 0.25) is 13.1 Å². The van der Waals surface area contributed by atoms with E-state index in [4.69, 9.17) is 4.74 Å². The van der Waals surface area contributed by atoms with Crippen molar-refractivity contribution in [2.45, 2.75) is 13.1 Å². The Morgan fingerprint density at radius 3 is 2.25 bits per heavy atom. The number of benzene rings is 1. The highest BCUT2D eigenvalue weighted by Gasteiger charge is 2.26. The molecule has 0 unspecified atom stereocenters. The van der Waals surface area contributed by atoms with Gasteiger partial charge in [-0.05, 0) is 22.0 Å². The first-order valence-corrected chi connectivity index (χ1v) is 9.21. The van der Waals surface area contributed by atoms with Gasteiger partial charge in [0.2, 0.25) is 0 Å². The van der Waals surface area contributed by atoms with Crippen molar-refractivity contribution in [2.24, 2.45) is 0 Å². The van der Waals surface area contributed by atoms with E-state index in [1.165, 1.54) is 9.69 Å². The fourth-order valence-electron chi connectivity index (χ4n) is 1.78. The van der Waals surface area contributed by atoms with Gasteiger partial charge in [0.15, 0.2) is 0 Å². The second-order valence-corrected chi connectivity index (χ2v) is 10.0. The molecule has 2 rings (SSSR count). The highest BCUT2D eigenvalue weighted by atomic mass is 32.1. The highest BCUT2D eigenvalue weighted by molar-refractivity contribution is 7.27. The molecule has 0 fully saturated rings. The van der Waals surface area contributed by atoms with Crippen LogP contribution in [0.5, 0.6) is 5.75 Å². The molecule has 0 aliphatic heterocycles. The summed E-state index contributed by atoms with van der Waals surface area (Å²) >= 11 is 1.87. The van der Waals surface area contributed by atoms with Crippen molar-refractivity contribution in [3.63, 3.8) is 0 Å². The van der Waals surface area contributed by atoms with Crippen molar-refractivity contribution in [1.29, 1.82) is 0 Å². The Bertz CT molecular complexity index is 445. The van der Waals surface area contributed by atoms with Gasteiger partial charge in [-0.2, -0.15) is 11.3 Å². The van der Waals surface area contributed by atoms with Crippen LogP contribution in [0, 0.1) is 0 Å². The second-order valence-electron chi connectivity index (χ2n) is 4.33. The van der Waals surface area contributed by atoms with Crippen molar-refractivity contribution < 1.29 is 4.74 Å². The summed E-state index contributed by atoms with van der Waals surface area (Å²) in [7, 11) is 0.229. The molecule has 1 nitrogen and oxygen atoms in total. The van der Waals surface area contributed by atoms with Crippen molar-refractivity contribution in [3.05, 3.63) is 41.8 Å². The van der Waals surface area contributed by atoms with E-state index in [1.54, 1.807) is 7.11 Å². The Labute approximate surface area is 102 Å². The summed E-state index contributed by atoms with van der Waals surface area (Å²) in [5.41, 5.74) is 0. The first-order chi connectivity index (χ1) is 7.64. The van der Waals surface area contributed by atoms with Crippen LogP contribution in [0.1, 0.15) is 0 Å². The minimum atomic E-state index is -1.48. The van der Waals surface area contributed by atoms with Gasteiger partial charge in [0.05, 0.1) is 7.11 Å². The third kappa shape index (κ3) is 2.06. The lowest BCUT2D eigenvalue weighted by atomic mass is 10.3. The van der Waals surface area contributed by atoms with Crippen molar-refractivity contribution >= 4 is 29.1 Å². The zero-order valence-electron chi connectivity index (χ0n) is 9.86. The number of thiophene rings is 1. The third-order valence-electron chi connectivity index (χ3n) is 2.95. The standard InChI is InChI=1S/C13H16OSSi/c1-14-11-6-8-12(9-7-11)16(2,3)13-5-4-10-15-13/h4-10H,1-3H3. The quantitative estimate of drug-likeness (QED) is 0.759. The molecule has 0 spiro atoms. The molecule has 1 heterocycles. The molecule has 84 valence electrons. The van der Waals surface area contributed by atoms with Gasteiger partial charge in [-0.15, -0.1) is 0 Å². The van der Waals surface area contributed by atoms with Gasteiger partial charge in [0.25, 0.3) is 0 Å². The average Bonchev–Trinajstić information content (AvgIpc) is 2.83. The van der Waals surface area contributed by atoms with Gasteiger partial charge in [-0.1, -0.05) is 42.5 Å². The smallest absolute Gasteiger partial charge is 0.124 e.